The zero-order chi connectivity index (χ0) is 21.3. The maximum atomic E-state index is 14.7. The summed E-state index contributed by atoms with van der Waals surface area (Å²) in [6.45, 7) is 0. The quantitative estimate of drug-likeness (QED) is 0.689. The third-order valence-electron chi connectivity index (χ3n) is 5.82. The van der Waals surface area contributed by atoms with Gasteiger partial charge in [0.05, 0.1) is 17.0 Å². The summed E-state index contributed by atoms with van der Waals surface area (Å²) in [6, 6.07) is 7.36. The van der Waals surface area contributed by atoms with Gasteiger partial charge >= 0.3 is 5.91 Å². The van der Waals surface area contributed by atoms with E-state index in [0.717, 1.165) is 30.6 Å². The number of carbonyl (C=O) groups excluding carboxylic acids is 2. The minimum atomic E-state index is -0.860. The second-order valence-electron chi connectivity index (χ2n) is 7.71. The summed E-state index contributed by atoms with van der Waals surface area (Å²) in [5.41, 5.74) is 1.46. The molecule has 4 rings (SSSR count). The van der Waals surface area contributed by atoms with Crippen LogP contribution < -0.4 is 10.6 Å². The van der Waals surface area contributed by atoms with Crippen LogP contribution in [0.3, 0.4) is 0 Å². The Bertz CT molecular complexity index is 1050. The number of nitrogens with one attached hydrogen (secondary N) is 2. The molecule has 154 valence electrons. The number of halogens is 1. The van der Waals surface area contributed by atoms with Gasteiger partial charge in [-0.2, -0.15) is 5.26 Å². The minimum Gasteiger partial charge on any atom is -0.339 e. The van der Waals surface area contributed by atoms with Gasteiger partial charge in [0.25, 0.3) is 0 Å². The van der Waals surface area contributed by atoms with Crippen molar-refractivity contribution in [1.82, 2.24) is 10.6 Å². The summed E-state index contributed by atoms with van der Waals surface area (Å²) < 4.78 is 14.7. The summed E-state index contributed by atoms with van der Waals surface area (Å²) in [6.07, 6.45) is 3.14. The number of fused-ring (bicyclic) bond motifs is 2. The van der Waals surface area contributed by atoms with Crippen LogP contribution in [0.4, 0.5) is 4.39 Å². The Labute approximate surface area is 176 Å². The van der Waals surface area contributed by atoms with Crippen LogP contribution in [0.5, 0.6) is 0 Å². The Morgan fingerprint density at radius 1 is 1.33 bits per heavy atom. The smallest absolute Gasteiger partial charge is 0.326 e. The Hall–Kier alpha value is -2.96. The van der Waals surface area contributed by atoms with Crippen molar-refractivity contribution in [2.75, 3.05) is 0 Å². The van der Waals surface area contributed by atoms with Crippen LogP contribution in [0.2, 0.25) is 0 Å². The molecule has 2 bridgehead atoms. The Balaban J connectivity index is 1.43. The van der Waals surface area contributed by atoms with Crippen molar-refractivity contribution in [3.8, 4) is 17.2 Å². The summed E-state index contributed by atoms with van der Waals surface area (Å²) in [4.78, 5) is 34.4. The van der Waals surface area contributed by atoms with Crippen LogP contribution in [0.1, 0.15) is 34.5 Å². The molecule has 0 spiro atoms. The first kappa shape index (κ1) is 20.3. The molecular weight excluding hydrogens is 407 g/mol. The molecule has 30 heavy (non-hydrogen) atoms. The van der Waals surface area contributed by atoms with E-state index in [1.807, 2.05) is 6.07 Å². The van der Waals surface area contributed by atoms with Crippen molar-refractivity contribution in [3.05, 3.63) is 50.8 Å². The summed E-state index contributed by atoms with van der Waals surface area (Å²) >= 11 is 1.06. The van der Waals surface area contributed by atoms with E-state index in [9.17, 15) is 24.1 Å². The van der Waals surface area contributed by atoms with Gasteiger partial charge < -0.3 is 10.6 Å². The lowest BCUT2D eigenvalue weighted by atomic mass is 9.98. The largest absolute Gasteiger partial charge is 0.339 e. The SMILES string of the molecule is N#C[C@H](Cc1ccc(-c2csc(C(=O)N=O)c2)cc1F)NC(=O)[C@H]1N[C@@H]2CC[C@H]1C2. The van der Waals surface area contributed by atoms with Crippen molar-refractivity contribution in [2.45, 2.75) is 43.8 Å². The molecule has 2 aromatic rings. The molecule has 1 saturated heterocycles. The molecule has 1 aliphatic heterocycles. The molecule has 4 atom stereocenters. The van der Waals surface area contributed by atoms with E-state index in [0.29, 0.717) is 28.7 Å². The molecule has 1 aromatic carbocycles. The number of benzene rings is 1. The lowest BCUT2D eigenvalue weighted by Crippen LogP contribution is -2.50. The molecule has 7 nitrogen and oxygen atoms in total. The lowest BCUT2D eigenvalue weighted by Gasteiger charge is -2.23. The summed E-state index contributed by atoms with van der Waals surface area (Å²) in [7, 11) is 0. The van der Waals surface area contributed by atoms with Crippen LogP contribution in [-0.2, 0) is 11.2 Å². The second kappa shape index (κ2) is 8.42. The fourth-order valence-corrected chi connectivity index (χ4v) is 5.09. The molecule has 9 heteroatoms. The van der Waals surface area contributed by atoms with E-state index in [1.165, 1.54) is 12.1 Å². The predicted molar refractivity (Wildman–Crippen MR) is 109 cm³/mol. The van der Waals surface area contributed by atoms with Gasteiger partial charge in [-0.25, -0.2) is 4.39 Å². The van der Waals surface area contributed by atoms with E-state index in [4.69, 9.17) is 0 Å². The third-order valence-corrected chi connectivity index (χ3v) is 6.74. The van der Waals surface area contributed by atoms with Crippen LogP contribution >= 0.6 is 11.3 Å². The summed E-state index contributed by atoms with van der Waals surface area (Å²) in [5, 5.41) is 19.5. The molecule has 0 unspecified atom stereocenters. The van der Waals surface area contributed by atoms with E-state index < -0.39 is 17.8 Å². The number of nitrogens with zero attached hydrogens (tertiary/aromatic N) is 2. The number of hydrogen-bond donors (Lipinski definition) is 2. The fourth-order valence-electron chi connectivity index (χ4n) is 4.30. The van der Waals surface area contributed by atoms with E-state index in [-0.39, 0.29) is 23.2 Å². The van der Waals surface area contributed by atoms with Crippen LogP contribution in [0.25, 0.3) is 11.1 Å². The number of rotatable bonds is 6. The highest BCUT2D eigenvalue weighted by molar-refractivity contribution is 7.12. The normalized spacial score (nSPS) is 23.0. The van der Waals surface area contributed by atoms with Crippen molar-refractivity contribution in [1.29, 1.82) is 5.26 Å². The van der Waals surface area contributed by atoms with Gasteiger partial charge in [-0.05, 0) is 59.4 Å². The Morgan fingerprint density at radius 3 is 2.80 bits per heavy atom. The number of nitriles is 1. The van der Waals surface area contributed by atoms with Crippen molar-refractivity contribution >= 4 is 23.2 Å². The second-order valence-corrected chi connectivity index (χ2v) is 8.62. The zero-order valence-corrected chi connectivity index (χ0v) is 16.7. The van der Waals surface area contributed by atoms with Gasteiger partial charge in [0.2, 0.25) is 5.91 Å². The molecule has 2 aliphatic rings. The maximum Gasteiger partial charge on any atom is 0.326 e. The van der Waals surface area contributed by atoms with E-state index in [2.05, 4.69) is 15.8 Å². The Morgan fingerprint density at radius 2 is 2.17 bits per heavy atom. The number of piperidine rings is 1. The van der Waals surface area contributed by atoms with Crippen molar-refractivity contribution in [2.24, 2.45) is 11.1 Å². The topological polar surface area (TPSA) is 111 Å². The molecule has 1 saturated carbocycles. The van der Waals surface area contributed by atoms with Gasteiger partial charge in [-0.3, -0.25) is 9.59 Å². The lowest BCUT2D eigenvalue weighted by molar-refractivity contribution is -0.124. The maximum absolute atomic E-state index is 14.7. The molecule has 2 heterocycles. The molecule has 0 radical (unpaired) electrons. The summed E-state index contributed by atoms with van der Waals surface area (Å²) in [5.74, 6) is -1.26. The molecule has 2 N–H and O–H groups in total. The molecule has 1 aromatic heterocycles. The number of thiophene rings is 1. The predicted octanol–water partition coefficient (Wildman–Crippen LogP) is 3.15. The molecule has 1 aliphatic carbocycles. The highest BCUT2D eigenvalue weighted by atomic mass is 32.1. The number of nitroso groups, excluding NO2 is 1. The zero-order valence-electron chi connectivity index (χ0n) is 15.9. The van der Waals surface area contributed by atoms with Gasteiger partial charge in [-0.1, -0.05) is 12.1 Å². The van der Waals surface area contributed by atoms with Crippen LogP contribution in [0.15, 0.2) is 34.8 Å². The highest BCUT2D eigenvalue weighted by Crippen LogP contribution is 2.35. The van der Waals surface area contributed by atoms with Crippen LogP contribution in [0, 0.1) is 28.0 Å². The fraction of sp³-hybridized carbons (Fsp3) is 0.381. The van der Waals surface area contributed by atoms with Gasteiger partial charge in [-0.15, -0.1) is 16.2 Å². The number of hydrogen-bond acceptors (Lipinski definition) is 6. The first-order valence-corrected chi connectivity index (χ1v) is 10.6. The Kier molecular flexibility index (Phi) is 5.70. The van der Waals surface area contributed by atoms with Crippen LogP contribution in [-0.4, -0.2) is 29.9 Å². The standard InChI is InChI=1S/C21H19FN4O3S/c22-17-7-11(14-8-18(30-10-14)20(27)26-29)1-2-12(17)5-16(9-23)25-21(28)19-13-3-4-15(6-13)24-19/h1-2,7-8,10,13,15-16,19,24H,3-6H2,(H,25,28)/t13-,15+,16-,19-/m0/s1. The first-order chi connectivity index (χ1) is 14.5. The van der Waals surface area contributed by atoms with Crippen molar-refractivity contribution in [3.63, 3.8) is 0 Å². The monoisotopic (exact) mass is 426 g/mol. The van der Waals surface area contributed by atoms with Crippen molar-refractivity contribution < 1.29 is 14.0 Å². The third kappa shape index (κ3) is 4.01. The van der Waals surface area contributed by atoms with Gasteiger partial charge in [0.15, 0.2) is 0 Å². The average molecular weight is 426 g/mol. The molecule has 2 fully saturated rings. The van der Waals surface area contributed by atoms with Gasteiger partial charge in [0.1, 0.15) is 11.9 Å². The minimum absolute atomic E-state index is 0.0532. The number of amides is 2. The van der Waals surface area contributed by atoms with Gasteiger partial charge in [0, 0.05) is 17.6 Å². The molecular formula is C21H19FN4O3S. The average Bonchev–Trinajstić information content (AvgIpc) is 3.50. The molecule has 2 amide bonds. The van der Waals surface area contributed by atoms with E-state index >= 15 is 0 Å². The van der Waals surface area contributed by atoms with E-state index in [1.54, 1.807) is 17.5 Å². The number of carbonyl (C=O) groups is 2. The highest BCUT2D eigenvalue weighted by Gasteiger charge is 2.43. The first-order valence-electron chi connectivity index (χ1n) is 9.69.